The molecule has 0 amide bonds. The molecule has 0 aromatic heterocycles. The number of benzene rings is 1. The van der Waals surface area contributed by atoms with Crippen molar-refractivity contribution < 1.29 is 13.5 Å². The van der Waals surface area contributed by atoms with E-state index >= 15 is 0 Å². The first kappa shape index (κ1) is 18.0. The lowest BCUT2D eigenvalue weighted by molar-refractivity contribution is -0.0488. The fraction of sp³-hybridized carbons (Fsp3) is 0.714. The van der Waals surface area contributed by atoms with Gasteiger partial charge in [-0.2, -0.15) is 0 Å². The molecule has 1 aliphatic carbocycles. The molecule has 4 fully saturated rings. The molecule has 3 aliphatic heterocycles. The third-order valence-corrected chi connectivity index (χ3v) is 6.99. The Morgan fingerprint density at radius 1 is 1.07 bits per heavy atom. The van der Waals surface area contributed by atoms with Crippen molar-refractivity contribution in [2.24, 2.45) is 23.5 Å². The molecule has 0 spiro atoms. The lowest BCUT2D eigenvalue weighted by atomic mass is 9.93. The van der Waals surface area contributed by atoms with E-state index in [0.29, 0.717) is 6.61 Å². The molecule has 27 heavy (non-hydrogen) atoms. The maximum absolute atomic E-state index is 14.1. The molecule has 0 radical (unpaired) electrons. The monoisotopic (exact) mass is 377 g/mol. The number of hydrogen-bond donors (Lipinski definition) is 1. The normalized spacial score (nSPS) is 37.7. The van der Waals surface area contributed by atoms with Gasteiger partial charge in [0.2, 0.25) is 0 Å². The number of nitrogens with two attached hydrogens (primary N) is 1. The van der Waals surface area contributed by atoms with Gasteiger partial charge in [0.1, 0.15) is 17.7 Å². The highest BCUT2D eigenvalue weighted by Gasteiger charge is 2.44. The maximum atomic E-state index is 14.1. The van der Waals surface area contributed by atoms with Crippen LogP contribution in [0, 0.1) is 29.4 Å². The average Bonchev–Trinajstić information content (AvgIpc) is 3.24. The van der Waals surface area contributed by atoms with Crippen molar-refractivity contribution in [3.05, 3.63) is 35.4 Å². The van der Waals surface area contributed by atoms with Crippen LogP contribution in [0.15, 0.2) is 18.2 Å². The zero-order valence-electron chi connectivity index (χ0n) is 15.7. The van der Waals surface area contributed by atoms with Crippen LogP contribution < -0.4 is 5.73 Å². The van der Waals surface area contributed by atoms with Crippen LogP contribution in [-0.2, 0) is 4.74 Å². The summed E-state index contributed by atoms with van der Waals surface area (Å²) in [7, 11) is 0. The van der Waals surface area contributed by atoms with Crippen molar-refractivity contribution in [1.29, 1.82) is 0 Å². The van der Waals surface area contributed by atoms with E-state index in [-0.39, 0.29) is 17.6 Å². The van der Waals surface area contributed by atoms with Gasteiger partial charge in [0.15, 0.2) is 0 Å². The fourth-order valence-electron chi connectivity index (χ4n) is 5.39. The SMILES string of the molecule is NC1CC(N2CC3CN(CC4CC4)CC3C2)COC1c1cc(F)ccc1F. The maximum Gasteiger partial charge on any atom is 0.129 e. The second-order valence-corrected chi connectivity index (χ2v) is 9.11. The Hall–Kier alpha value is -1.08. The second-order valence-electron chi connectivity index (χ2n) is 9.11. The van der Waals surface area contributed by atoms with Crippen LogP contribution in [0.5, 0.6) is 0 Å². The summed E-state index contributed by atoms with van der Waals surface area (Å²) < 4.78 is 33.6. The Labute approximate surface area is 159 Å². The summed E-state index contributed by atoms with van der Waals surface area (Å²) >= 11 is 0. The Kier molecular flexibility index (Phi) is 4.71. The van der Waals surface area contributed by atoms with Crippen molar-refractivity contribution in [2.75, 3.05) is 39.3 Å². The van der Waals surface area contributed by atoms with Crippen LogP contribution >= 0.6 is 0 Å². The second kappa shape index (κ2) is 7.07. The Morgan fingerprint density at radius 3 is 2.48 bits per heavy atom. The summed E-state index contributed by atoms with van der Waals surface area (Å²) in [6.07, 6.45) is 3.05. The number of rotatable bonds is 4. The smallest absolute Gasteiger partial charge is 0.129 e. The van der Waals surface area contributed by atoms with Crippen LogP contribution in [0.3, 0.4) is 0 Å². The van der Waals surface area contributed by atoms with Crippen molar-refractivity contribution in [3.8, 4) is 0 Å². The number of likely N-dealkylation sites (tertiary alicyclic amines) is 2. The minimum absolute atomic E-state index is 0.245. The molecule has 1 aromatic carbocycles. The Bertz CT molecular complexity index is 684. The molecule has 2 N–H and O–H groups in total. The van der Waals surface area contributed by atoms with Gasteiger partial charge in [-0.3, -0.25) is 4.90 Å². The summed E-state index contributed by atoms with van der Waals surface area (Å²) in [5, 5.41) is 0. The molecule has 4 nitrogen and oxygen atoms in total. The summed E-state index contributed by atoms with van der Waals surface area (Å²) in [5.41, 5.74) is 6.58. The van der Waals surface area contributed by atoms with E-state index in [9.17, 15) is 8.78 Å². The summed E-state index contributed by atoms with van der Waals surface area (Å²) in [5.74, 6) is 1.59. The first-order chi connectivity index (χ1) is 13.1. The van der Waals surface area contributed by atoms with Gasteiger partial charge in [0.05, 0.1) is 6.61 Å². The van der Waals surface area contributed by atoms with Gasteiger partial charge >= 0.3 is 0 Å². The number of halogens is 2. The highest BCUT2D eigenvalue weighted by atomic mass is 19.1. The quantitative estimate of drug-likeness (QED) is 0.875. The third kappa shape index (κ3) is 3.65. The third-order valence-electron chi connectivity index (χ3n) is 6.99. The Balaban J connectivity index is 1.18. The van der Waals surface area contributed by atoms with E-state index in [1.807, 2.05) is 0 Å². The molecule has 0 bridgehead atoms. The molecule has 5 rings (SSSR count). The van der Waals surface area contributed by atoms with Crippen molar-refractivity contribution in [1.82, 2.24) is 9.80 Å². The number of hydrogen-bond acceptors (Lipinski definition) is 4. The zero-order chi connectivity index (χ0) is 18.5. The summed E-state index contributed by atoms with van der Waals surface area (Å²) in [6.45, 7) is 6.53. The fourth-order valence-corrected chi connectivity index (χ4v) is 5.39. The molecule has 4 aliphatic rings. The Morgan fingerprint density at radius 2 is 1.81 bits per heavy atom. The van der Waals surface area contributed by atoms with E-state index < -0.39 is 17.7 Å². The van der Waals surface area contributed by atoms with E-state index in [4.69, 9.17) is 10.5 Å². The van der Waals surface area contributed by atoms with Gasteiger partial charge in [0.25, 0.3) is 0 Å². The minimum Gasteiger partial charge on any atom is -0.370 e. The van der Waals surface area contributed by atoms with Gasteiger partial charge in [-0.15, -0.1) is 0 Å². The van der Waals surface area contributed by atoms with Gasteiger partial charge in [-0.25, -0.2) is 8.78 Å². The van der Waals surface area contributed by atoms with Gasteiger partial charge < -0.3 is 15.4 Å². The van der Waals surface area contributed by atoms with Crippen molar-refractivity contribution in [3.63, 3.8) is 0 Å². The summed E-state index contributed by atoms with van der Waals surface area (Å²) in [4.78, 5) is 5.19. The molecule has 6 heteroatoms. The van der Waals surface area contributed by atoms with E-state index in [0.717, 1.165) is 49.4 Å². The van der Waals surface area contributed by atoms with Crippen LogP contribution in [0.4, 0.5) is 8.78 Å². The largest absolute Gasteiger partial charge is 0.370 e. The predicted octanol–water partition coefficient (Wildman–Crippen LogP) is 2.40. The van der Waals surface area contributed by atoms with Crippen molar-refractivity contribution >= 4 is 0 Å². The van der Waals surface area contributed by atoms with Crippen LogP contribution in [0.2, 0.25) is 0 Å². The molecule has 3 saturated heterocycles. The van der Waals surface area contributed by atoms with E-state index in [1.54, 1.807) is 0 Å². The highest BCUT2D eigenvalue weighted by molar-refractivity contribution is 5.23. The van der Waals surface area contributed by atoms with E-state index in [2.05, 4.69) is 9.80 Å². The first-order valence-electron chi connectivity index (χ1n) is 10.4. The van der Waals surface area contributed by atoms with Crippen LogP contribution in [0.25, 0.3) is 0 Å². The summed E-state index contributed by atoms with van der Waals surface area (Å²) in [6, 6.07) is 3.48. The van der Waals surface area contributed by atoms with Gasteiger partial charge in [-0.05, 0) is 55.2 Å². The molecule has 3 heterocycles. The molecule has 148 valence electrons. The topological polar surface area (TPSA) is 41.7 Å². The lowest BCUT2D eigenvalue weighted by Crippen LogP contribution is -2.49. The lowest BCUT2D eigenvalue weighted by Gasteiger charge is -2.39. The molecule has 1 aromatic rings. The molecule has 5 unspecified atom stereocenters. The zero-order valence-corrected chi connectivity index (χ0v) is 15.7. The van der Waals surface area contributed by atoms with Crippen LogP contribution in [0.1, 0.15) is 30.9 Å². The van der Waals surface area contributed by atoms with Gasteiger partial charge in [0, 0.05) is 50.4 Å². The average molecular weight is 377 g/mol. The number of fused-ring (bicyclic) bond motifs is 1. The first-order valence-corrected chi connectivity index (χ1v) is 10.4. The molecule has 1 saturated carbocycles. The van der Waals surface area contributed by atoms with Gasteiger partial charge in [-0.1, -0.05) is 0 Å². The number of nitrogens with zero attached hydrogens (tertiary/aromatic N) is 2. The molecule has 5 atom stereocenters. The minimum atomic E-state index is -0.562. The standard InChI is InChI=1S/C21H29F2N3O/c22-16-3-4-19(23)18(5-16)21-20(24)6-17(12-27-21)26-10-14-8-25(7-13-1-2-13)9-15(14)11-26/h3-5,13-15,17,20-21H,1-2,6-12,24H2. The van der Waals surface area contributed by atoms with Crippen molar-refractivity contribution in [2.45, 2.75) is 37.5 Å². The highest BCUT2D eigenvalue weighted by Crippen LogP contribution is 2.38. The molecular formula is C21H29F2N3O. The van der Waals surface area contributed by atoms with E-state index in [1.165, 1.54) is 38.5 Å². The predicted molar refractivity (Wildman–Crippen MR) is 99.1 cm³/mol. The molecular weight excluding hydrogens is 348 g/mol. The number of ether oxygens (including phenoxy) is 1. The van der Waals surface area contributed by atoms with Crippen LogP contribution in [-0.4, -0.2) is 61.2 Å².